The van der Waals surface area contributed by atoms with Gasteiger partial charge in [0, 0.05) is 6.04 Å². The Morgan fingerprint density at radius 3 is 2.79 bits per heavy atom. The summed E-state index contributed by atoms with van der Waals surface area (Å²) in [6.45, 7) is 7.18. The van der Waals surface area contributed by atoms with E-state index in [1.54, 1.807) is 7.11 Å². The van der Waals surface area contributed by atoms with Crippen molar-refractivity contribution in [2.75, 3.05) is 12.4 Å². The van der Waals surface area contributed by atoms with Gasteiger partial charge in [-0.1, -0.05) is 39.3 Å². The first kappa shape index (κ1) is 12.8. The summed E-state index contributed by atoms with van der Waals surface area (Å²) in [4.78, 5) is 0. The molecule has 1 heterocycles. The standard InChI is InChI=1S/C17H25NO/c1-11-8-9-12-14(10-11)18-16-13(17(12,2)3)6-5-7-15(16)19-4/h5-7,11-12,14,18H,8-10H2,1-4H3/t11-,12+,14+/m1/s1. The van der Waals surface area contributed by atoms with Gasteiger partial charge in [-0.25, -0.2) is 0 Å². The van der Waals surface area contributed by atoms with E-state index in [1.807, 2.05) is 0 Å². The van der Waals surface area contributed by atoms with Crippen LogP contribution in [0.2, 0.25) is 0 Å². The molecule has 0 aromatic heterocycles. The zero-order chi connectivity index (χ0) is 13.6. The van der Waals surface area contributed by atoms with Gasteiger partial charge in [0.1, 0.15) is 5.75 Å². The second-order valence-corrected chi connectivity index (χ2v) is 6.88. The second kappa shape index (κ2) is 4.43. The Morgan fingerprint density at radius 2 is 2.05 bits per heavy atom. The van der Waals surface area contributed by atoms with Crippen molar-refractivity contribution >= 4 is 5.69 Å². The molecule has 2 nitrogen and oxygen atoms in total. The van der Waals surface area contributed by atoms with E-state index in [0.717, 1.165) is 17.6 Å². The van der Waals surface area contributed by atoms with E-state index in [-0.39, 0.29) is 5.41 Å². The predicted octanol–water partition coefficient (Wildman–Crippen LogP) is 4.20. The molecule has 1 aromatic rings. The first-order chi connectivity index (χ1) is 9.04. The summed E-state index contributed by atoms with van der Waals surface area (Å²) in [5, 5.41) is 3.78. The Balaban J connectivity index is 2.07. The van der Waals surface area contributed by atoms with Crippen LogP contribution in [-0.2, 0) is 5.41 Å². The van der Waals surface area contributed by atoms with E-state index in [2.05, 4.69) is 44.3 Å². The van der Waals surface area contributed by atoms with E-state index < -0.39 is 0 Å². The van der Waals surface area contributed by atoms with Crippen LogP contribution in [0.4, 0.5) is 5.69 Å². The summed E-state index contributed by atoms with van der Waals surface area (Å²) in [6.07, 6.45) is 3.99. The van der Waals surface area contributed by atoms with Crippen LogP contribution in [0.25, 0.3) is 0 Å². The predicted molar refractivity (Wildman–Crippen MR) is 79.9 cm³/mol. The number of para-hydroxylation sites is 1. The summed E-state index contributed by atoms with van der Waals surface area (Å²) >= 11 is 0. The van der Waals surface area contributed by atoms with Crippen molar-refractivity contribution in [3.05, 3.63) is 23.8 Å². The van der Waals surface area contributed by atoms with Gasteiger partial charge in [-0.05, 0) is 41.7 Å². The molecule has 0 amide bonds. The van der Waals surface area contributed by atoms with Gasteiger partial charge in [-0.2, -0.15) is 0 Å². The van der Waals surface area contributed by atoms with E-state index in [0.29, 0.717) is 6.04 Å². The van der Waals surface area contributed by atoms with Crippen LogP contribution in [0, 0.1) is 11.8 Å². The third-order valence-electron chi connectivity index (χ3n) is 5.31. The fourth-order valence-electron chi connectivity index (χ4n) is 4.18. The van der Waals surface area contributed by atoms with E-state index in [4.69, 9.17) is 4.74 Å². The topological polar surface area (TPSA) is 21.3 Å². The third-order valence-corrected chi connectivity index (χ3v) is 5.31. The molecule has 1 saturated carbocycles. The van der Waals surface area contributed by atoms with Gasteiger partial charge in [0.25, 0.3) is 0 Å². The van der Waals surface area contributed by atoms with E-state index >= 15 is 0 Å². The summed E-state index contributed by atoms with van der Waals surface area (Å²) in [5.41, 5.74) is 2.88. The molecule has 1 fully saturated rings. The first-order valence-electron chi connectivity index (χ1n) is 7.48. The molecule has 2 aliphatic rings. The zero-order valence-corrected chi connectivity index (χ0v) is 12.5. The Kier molecular flexibility index (Phi) is 2.99. The Labute approximate surface area is 116 Å². The van der Waals surface area contributed by atoms with Crippen molar-refractivity contribution < 1.29 is 4.74 Å². The van der Waals surface area contributed by atoms with Crippen LogP contribution >= 0.6 is 0 Å². The molecule has 0 bridgehead atoms. The lowest BCUT2D eigenvalue weighted by atomic mass is 9.61. The van der Waals surface area contributed by atoms with E-state index in [9.17, 15) is 0 Å². The fraction of sp³-hybridized carbons (Fsp3) is 0.647. The lowest BCUT2D eigenvalue weighted by molar-refractivity contribution is 0.173. The first-order valence-corrected chi connectivity index (χ1v) is 7.48. The molecule has 1 aliphatic carbocycles. The average molecular weight is 259 g/mol. The minimum Gasteiger partial charge on any atom is -0.495 e. The molecule has 0 spiro atoms. The van der Waals surface area contributed by atoms with Gasteiger partial charge in [0.2, 0.25) is 0 Å². The summed E-state index contributed by atoms with van der Waals surface area (Å²) in [6, 6.07) is 7.04. The molecule has 1 aromatic carbocycles. The average Bonchev–Trinajstić information content (AvgIpc) is 2.37. The van der Waals surface area contributed by atoms with Gasteiger partial charge in [-0.3, -0.25) is 0 Å². The number of anilines is 1. The van der Waals surface area contributed by atoms with Crippen LogP contribution in [-0.4, -0.2) is 13.2 Å². The number of hydrogen-bond acceptors (Lipinski definition) is 2. The van der Waals surface area contributed by atoms with Crippen LogP contribution in [0.15, 0.2) is 18.2 Å². The highest BCUT2D eigenvalue weighted by molar-refractivity contribution is 5.67. The van der Waals surface area contributed by atoms with Gasteiger partial charge in [0.05, 0.1) is 12.8 Å². The molecule has 0 saturated heterocycles. The molecular weight excluding hydrogens is 234 g/mol. The SMILES string of the molecule is COc1cccc2c1N[C@H]1C[C@H](C)CC[C@@H]1C2(C)C. The minimum absolute atomic E-state index is 0.236. The van der Waals surface area contributed by atoms with Crippen LogP contribution in [0.5, 0.6) is 5.75 Å². The number of rotatable bonds is 1. The number of ether oxygens (including phenoxy) is 1. The molecule has 3 rings (SSSR count). The van der Waals surface area contributed by atoms with Gasteiger partial charge in [0.15, 0.2) is 0 Å². The molecule has 2 heteroatoms. The maximum absolute atomic E-state index is 5.55. The molecule has 104 valence electrons. The van der Waals surface area contributed by atoms with Gasteiger partial charge >= 0.3 is 0 Å². The molecule has 1 aliphatic heterocycles. The highest BCUT2D eigenvalue weighted by Crippen LogP contribution is 2.51. The monoisotopic (exact) mass is 259 g/mol. The normalized spacial score (nSPS) is 31.9. The maximum atomic E-state index is 5.55. The third kappa shape index (κ3) is 1.92. The van der Waals surface area contributed by atoms with Crippen molar-refractivity contribution in [3.8, 4) is 5.75 Å². The highest BCUT2D eigenvalue weighted by atomic mass is 16.5. The summed E-state index contributed by atoms with van der Waals surface area (Å²) < 4.78 is 5.55. The number of methoxy groups -OCH3 is 1. The zero-order valence-electron chi connectivity index (χ0n) is 12.5. The van der Waals surface area contributed by atoms with Crippen molar-refractivity contribution in [2.24, 2.45) is 11.8 Å². The Bertz CT molecular complexity index is 480. The second-order valence-electron chi connectivity index (χ2n) is 6.88. The van der Waals surface area contributed by atoms with Crippen LogP contribution in [0.1, 0.15) is 45.6 Å². The summed E-state index contributed by atoms with van der Waals surface area (Å²) in [7, 11) is 1.76. The molecule has 3 atom stereocenters. The lowest BCUT2D eigenvalue weighted by Crippen LogP contribution is -2.49. The largest absolute Gasteiger partial charge is 0.495 e. The Morgan fingerprint density at radius 1 is 1.26 bits per heavy atom. The smallest absolute Gasteiger partial charge is 0.142 e. The molecule has 19 heavy (non-hydrogen) atoms. The van der Waals surface area contributed by atoms with Crippen molar-refractivity contribution in [1.29, 1.82) is 0 Å². The molecule has 0 unspecified atom stereocenters. The molecule has 0 radical (unpaired) electrons. The number of nitrogens with one attached hydrogen (secondary N) is 1. The summed E-state index contributed by atoms with van der Waals surface area (Å²) in [5.74, 6) is 2.56. The van der Waals surface area contributed by atoms with Gasteiger partial charge in [-0.15, -0.1) is 0 Å². The molecule has 1 N–H and O–H groups in total. The quantitative estimate of drug-likeness (QED) is 0.816. The number of fused-ring (bicyclic) bond motifs is 2. The van der Waals surface area contributed by atoms with Crippen molar-refractivity contribution in [1.82, 2.24) is 0 Å². The minimum atomic E-state index is 0.236. The van der Waals surface area contributed by atoms with Crippen molar-refractivity contribution in [3.63, 3.8) is 0 Å². The highest BCUT2D eigenvalue weighted by Gasteiger charge is 2.45. The fourth-order valence-corrected chi connectivity index (χ4v) is 4.18. The number of benzene rings is 1. The van der Waals surface area contributed by atoms with Crippen molar-refractivity contribution in [2.45, 2.75) is 51.5 Å². The van der Waals surface area contributed by atoms with Gasteiger partial charge < -0.3 is 10.1 Å². The van der Waals surface area contributed by atoms with Crippen LogP contribution < -0.4 is 10.1 Å². The lowest BCUT2D eigenvalue weighted by Gasteiger charge is -2.50. The Hall–Kier alpha value is -1.18. The van der Waals surface area contributed by atoms with Crippen LogP contribution in [0.3, 0.4) is 0 Å². The molecular formula is C17H25NO. The maximum Gasteiger partial charge on any atom is 0.142 e. The number of hydrogen-bond donors (Lipinski definition) is 1. The van der Waals surface area contributed by atoms with E-state index in [1.165, 1.54) is 30.5 Å².